The number of methoxy groups -OCH3 is 1. The normalized spacial score (nSPS) is 30.4. The first-order valence-electron chi connectivity index (χ1n) is 9.41. The largest absolute Gasteiger partial charge is 0.496 e. The molecule has 2 aromatic carbocycles. The minimum Gasteiger partial charge on any atom is -0.496 e. The zero-order chi connectivity index (χ0) is 22.4. The second-order valence-corrected chi connectivity index (χ2v) is 8.54. The number of fused-ring (bicyclic) bond motifs is 2. The Kier molecular flexibility index (Phi) is 4.78. The van der Waals surface area contributed by atoms with E-state index in [1.165, 1.54) is 7.11 Å². The predicted octanol–water partition coefficient (Wildman–Crippen LogP) is 4.58. The zero-order valence-corrected chi connectivity index (χ0v) is 18.3. The molecule has 2 fully saturated rings. The molecule has 7 nitrogen and oxygen atoms in total. The summed E-state index contributed by atoms with van der Waals surface area (Å²) < 4.78 is 18.5. The maximum Gasteiger partial charge on any atom is 0.219 e. The molecule has 154 valence electrons. The number of rotatable bonds is 3. The lowest BCUT2D eigenvalue weighted by atomic mass is 9.52. The smallest absolute Gasteiger partial charge is 0.219 e. The van der Waals surface area contributed by atoms with Crippen LogP contribution in [0, 0.1) is 50.2 Å². The van der Waals surface area contributed by atoms with Gasteiger partial charge in [0.25, 0.3) is 0 Å². The van der Waals surface area contributed by atoms with Gasteiger partial charge >= 0.3 is 0 Å². The first-order valence-corrected chi connectivity index (χ1v) is 10.2. The SMILES string of the molecule is COc1ccccc1C1C2(C)OC(=N)C1(C#N)C(C#N)(C#N)C(c1ccc(Br)cc1)O2. The maximum absolute atomic E-state index is 10.5. The Morgan fingerprint density at radius 1 is 1.03 bits per heavy atom. The number of hydrogen-bond donors (Lipinski definition) is 1. The Labute approximate surface area is 188 Å². The molecule has 4 unspecified atom stereocenters. The molecule has 1 N–H and O–H groups in total. The topological polar surface area (TPSA) is 123 Å². The molecular weight excluding hydrogens is 460 g/mol. The molecule has 0 amide bonds. The molecule has 0 radical (unpaired) electrons. The summed E-state index contributed by atoms with van der Waals surface area (Å²) in [6.45, 7) is 1.63. The van der Waals surface area contributed by atoms with Crippen molar-refractivity contribution in [1.82, 2.24) is 0 Å². The molecule has 4 rings (SSSR count). The first-order chi connectivity index (χ1) is 14.8. The van der Waals surface area contributed by atoms with Gasteiger partial charge in [-0.2, -0.15) is 15.8 Å². The summed E-state index contributed by atoms with van der Waals surface area (Å²) in [5.74, 6) is -2.43. The molecule has 8 heteroatoms. The van der Waals surface area contributed by atoms with Crippen LogP contribution < -0.4 is 4.74 Å². The summed E-state index contributed by atoms with van der Waals surface area (Å²) in [4.78, 5) is 0. The van der Waals surface area contributed by atoms with Crippen LogP contribution in [0.4, 0.5) is 0 Å². The Morgan fingerprint density at radius 3 is 2.26 bits per heavy atom. The number of nitrogens with zero attached hydrogens (tertiary/aromatic N) is 3. The third kappa shape index (κ3) is 2.55. The van der Waals surface area contributed by atoms with Crippen molar-refractivity contribution in [2.24, 2.45) is 10.8 Å². The fourth-order valence-electron chi connectivity index (χ4n) is 4.79. The Balaban J connectivity index is 2.05. The fraction of sp³-hybridized carbons (Fsp3) is 0.304. The summed E-state index contributed by atoms with van der Waals surface area (Å²) in [5.41, 5.74) is -2.90. The van der Waals surface area contributed by atoms with Gasteiger partial charge < -0.3 is 14.2 Å². The van der Waals surface area contributed by atoms with E-state index in [0.717, 1.165) is 4.47 Å². The quantitative estimate of drug-likeness (QED) is 0.691. The van der Waals surface area contributed by atoms with Crippen LogP contribution in [-0.2, 0) is 9.47 Å². The van der Waals surface area contributed by atoms with E-state index in [4.69, 9.17) is 19.6 Å². The van der Waals surface area contributed by atoms with E-state index in [2.05, 4.69) is 34.1 Å². The van der Waals surface area contributed by atoms with E-state index in [1.807, 2.05) is 0 Å². The van der Waals surface area contributed by atoms with E-state index < -0.39 is 34.5 Å². The molecule has 2 bridgehead atoms. The van der Waals surface area contributed by atoms with E-state index in [9.17, 15) is 15.8 Å². The Morgan fingerprint density at radius 2 is 1.68 bits per heavy atom. The van der Waals surface area contributed by atoms with Gasteiger partial charge in [-0.15, -0.1) is 0 Å². The Hall–Kier alpha value is -3.38. The molecule has 2 saturated heterocycles. The fourth-order valence-corrected chi connectivity index (χ4v) is 5.06. The van der Waals surface area contributed by atoms with Crippen LogP contribution in [0.2, 0.25) is 0 Å². The summed E-state index contributed by atoms with van der Waals surface area (Å²) in [7, 11) is 1.49. The molecule has 0 aromatic heterocycles. The van der Waals surface area contributed by atoms with Crippen molar-refractivity contribution in [3.05, 3.63) is 64.1 Å². The van der Waals surface area contributed by atoms with E-state index in [-0.39, 0.29) is 0 Å². The van der Waals surface area contributed by atoms with Gasteiger partial charge in [-0.1, -0.05) is 46.3 Å². The molecule has 2 heterocycles. The van der Waals surface area contributed by atoms with Gasteiger partial charge in [0, 0.05) is 17.0 Å². The van der Waals surface area contributed by atoms with Gasteiger partial charge in [-0.25, -0.2) is 0 Å². The molecule has 2 aliphatic rings. The minimum absolute atomic E-state index is 0.451. The molecule has 2 aromatic rings. The Bertz CT molecular complexity index is 1180. The molecule has 0 saturated carbocycles. The summed E-state index contributed by atoms with van der Waals surface area (Å²) in [6, 6.07) is 20.2. The highest BCUT2D eigenvalue weighted by atomic mass is 79.9. The summed E-state index contributed by atoms with van der Waals surface area (Å²) in [6.07, 6.45) is -1.12. The second-order valence-electron chi connectivity index (χ2n) is 7.62. The highest BCUT2D eigenvalue weighted by Gasteiger charge is 2.80. The van der Waals surface area contributed by atoms with Crippen molar-refractivity contribution in [3.8, 4) is 24.0 Å². The molecule has 31 heavy (non-hydrogen) atoms. The number of nitrogens with one attached hydrogen (secondary N) is 1. The lowest BCUT2D eigenvalue weighted by molar-refractivity contribution is -0.253. The molecule has 2 aliphatic heterocycles. The van der Waals surface area contributed by atoms with Crippen molar-refractivity contribution >= 4 is 21.8 Å². The van der Waals surface area contributed by atoms with Crippen LogP contribution in [0.1, 0.15) is 30.1 Å². The number of nitriles is 3. The average Bonchev–Trinajstić information content (AvgIpc) is 2.96. The van der Waals surface area contributed by atoms with Crippen LogP contribution >= 0.6 is 15.9 Å². The summed E-state index contributed by atoms with van der Waals surface area (Å²) in [5, 5.41) is 39.8. The van der Waals surface area contributed by atoms with Crippen molar-refractivity contribution in [2.45, 2.75) is 24.7 Å². The van der Waals surface area contributed by atoms with Crippen molar-refractivity contribution in [3.63, 3.8) is 0 Å². The van der Waals surface area contributed by atoms with E-state index in [0.29, 0.717) is 16.9 Å². The number of hydrogen-bond acceptors (Lipinski definition) is 7. The van der Waals surface area contributed by atoms with Crippen molar-refractivity contribution in [2.75, 3.05) is 7.11 Å². The summed E-state index contributed by atoms with van der Waals surface area (Å²) >= 11 is 3.37. The lowest BCUT2D eigenvalue weighted by Gasteiger charge is -2.49. The lowest BCUT2D eigenvalue weighted by Crippen LogP contribution is -2.57. The van der Waals surface area contributed by atoms with Crippen LogP contribution in [-0.4, -0.2) is 18.8 Å². The van der Waals surface area contributed by atoms with Gasteiger partial charge in [-0.3, -0.25) is 5.41 Å². The third-order valence-electron chi connectivity index (χ3n) is 6.14. The van der Waals surface area contributed by atoms with Gasteiger partial charge in [-0.05, 0) is 23.8 Å². The van der Waals surface area contributed by atoms with Crippen LogP contribution in [0.25, 0.3) is 0 Å². The third-order valence-corrected chi connectivity index (χ3v) is 6.67. The molecular formula is C23H17BrN4O3. The average molecular weight is 477 g/mol. The monoisotopic (exact) mass is 476 g/mol. The standard InChI is InChI=1S/C23H17BrN4O3/c1-21-18(16-5-3-4-6-17(16)29-2)23(13-27,20(28)31-21)22(11-25,12-26)19(30-21)14-7-9-15(24)10-8-14/h3-10,18-19,28H,1-2H3. The minimum atomic E-state index is -2.05. The van der Waals surface area contributed by atoms with Gasteiger partial charge in [0.2, 0.25) is 17.1 Å². The van der Waals surface area contributed by atoms with Crippen molar-refractivity contribution < 1.29 is 14.2 Å². The maximum atomic E-state index is 10.5. The number of benzene rings is 2. The zero-order valence-electron chi connectivity index (χ0n) is 16.7. The van der Waals surface area contributed by atoms with Crippen molar-refractivity contribution in [1.29, 1.82) is 21.2 Å². The van der Waals surface area contributed by atoms with Crippen LogP contribution in [0.15, 0.2) is 53.0 Å². The predicted molar refractivity (Wildman–Crippen MR) is 113 cm³/mol. The number of para-hydroxylation sites is 1. The number of halogens is 1. The molecule has 0 aliphatic carbocycles. The van der Waals surface area contributed by atoms with E-state index in [1.54, 1.807) is 55.5 Å². The highest BCUT2D eigenvalue weighted by molar-refractivity contribution is 9.10. The molecule has 4 atom stereocenters. The first kappa shape index (κ1) is 20.9. The van der Waals surface area contributed by atoms with E-state index >= 15 is 0 Å². The number of ether oxygens (including phenoxy) is 3. The van der Waals surface area contributed by atoms with Gasteiger partial charge in [0.05, 0.1) is 31.2 Å². The second kappa shape index (κ2) is 7.10. The van der Waals surface area contributed by atoms with Gasteiger partial charge in [0.1, 0.15) is 11.9 Å². The van der Waals surface area contributed by atoms with Crippen LogP contribution in [0.5, 0.6) is 5.75 Å². The highest BCUT2D eigenvalue weighted by Crippen LogP contribution is 2.70. The van der Waals surface area contributed by atoms with Gasteiger partial charge in [0.15, 0.2) is 5.41 Å². The van der Waals surface area contributed by atoms with Crippen LogP contribution in [0.3, 0.4) is 0 Å². The molecule has 0 spiro atoms.